The van der Waals surface area contributed by atoms with Gasteiger partial charge in [-0.05, 0) is 81.1 Å². The van der Waals surface area contributed by atoms with Crippen molar-refractivity contribution < 1.29 is 37.0 Å². The van der Waals surface area contributed by atoms with Gasteiger partial charge in [-0.1, -0.05) is 38.1 Å². The summed E-state index contributed by atoms with van der Waals surface area (Å²) in [6.45, 7) is 10.2. The second kappa shape index (κ2) is 12.8. The first-order chi connectivity index (χ1) is 20.6. The Labute approximate surface area is 257 Å². The van der Waals surface area contributed by atoms with Crippen molar-refractivity contribution in [1.29, 1.82) is 0 Å². The highest BCUT2D eigenvalue weighted by molar-refractivity contribution is 7.89. The van der Waals surface area contributed by atoms with Crippen molar-refractivity contribution in [2.75, 3.05) is 12.4 Å². The molecule has 4 rings (SSSR count). The highest BCUT2D eigenvalue weighted by Crippen LogP contribution is 2.36. The SMILES string of the molecule is COc1c(CO)ccc2oc(C(=O)Nc3ccc(-c4ccc(S(=O)(=O)NC(C(=O)OC(C)(C)C)C(C)C)cc4)cc3)c(C)c12. The molecule has 0 saturated heterocycles. The van der Waals surface area contributed by atoms with Gasteiger partial charge in [0.25, 0.3) is 5.91 Å². The summed E-state index contributed by atoms with van der Waals surface area (Å²) in [5.41, 5.74) is 3.00. The number of fused-ring (bicyclic) bond motifs is 1. The average Bonchev–Trinajstić information content (AvgIpc) is 3.31. The lowest BCUT2D eigenvalue weighted by Crippen LogP contribution is -2.47. The summed E-state index contributed by atoms with van der Waals surface area (Å²) in [6, 6.07) is 15.7. The fourth-order valence-corrected chi connectivity index (χ4v) is 6.07. The summed E-state index contributed by atoms with van der Waals surface area (Å²) in [5, 5.41) is 13.1. The van der Waals surface area contributed by atoms with Gasteiger partial charge >= 0.3 is 5.97 Å². The van der Waals surface area contributed by atoms with E-state index in [-0.39, 0.29) is 23.2 Å². The van der Waals surface area contributed by atoms with Crippen molar-refractivity contribution in [3.63, 3.8) is 0 Å². The van der Waals surface area contributed by atoms with E-state index in [0.29, 0.717) is 33.5 Å². The molecule has 44 heavy (non-hydrogen) atoms. The molecule has 11 heteroatoms. The Morgan fingerprint density at radius 2 is 1.55 bits per heavy atom. The van der Waals surface area contributed by atoms with Gasteiger partial charge in [-0.15, -0.1) is 0 Å². The van der Waals surface area contributed by atoms with Crippen molar-refractivity contribution in [2.24, 2.45) is 5.92 Å². The van der Waals surface area contributed by atoms with E-state index in [1.807, 2.05) is 0 Å². The number of sulfonamides is 1. The van der Waals surface area contributed by atoms with E-state index >= 15 is 0 Å². The van der Waals surface area contributed by atoms with Gasteiger partial charge in [0.15, 0.2) is 5.76 Å². The van der Waals surface area contributed by atoms with Crippen LogP contribution in [-0.4, -0.2) is 44.2 Å². The minimum Gasteiger partial charge on any atom is -0.496 e. The molecule has 1 amide bonds. The fraction of sp³-hybridized carbons (Fsp3) is 0.333. The molecule has 0 fully saturated rings. The molecule has 0 aliphatic heterocycles. The van der Waals surface area contributed by atoms with E-state index < -0.39 is 33.5 Å². The number of aliphatic hydroxyl groups is 1. The van der Waals surface area contributed by atoms with Crippen molar-refractivity contribution >= 4 is 38.6 Å². The Balaban J connectivity index is 1.48. The third-order valence-electron chi connectivity index (χ3n) is 6.96. The van der Waals surface area contributed by atoms with Crippen LogP contribution >= 0.6 is 0 Å². The van der Waals surface area contributed by atoms with Gasteiger partial charge in [-0.25, -0.2) is 8.42 Å². The lowest BCUT2D eigenvalue weighted by atomic mass is 10.1. The number of methoxy groups -OCH3 is 1. The molecule has 234 valence electrons. The molecule has 1 aromatic heterocycles. The normalized spacial score (nSPS) is 12.8. The molecule has 0 aliphatic rings. The Hall–Kier alpha value is -4.19. The van der Waals surface area contributed by atoms with E-state index in [1.165, 1.54) is 19.2 Å². The topological polar surface area (TPSA) is 144 Å². The van der Waals surface area contributed by atoms with Gasteiger partial charge in [-0.3, -0.25) is 9.59 Å². The minimum atomic E-state index is -4.00. The second-order valence-corrected chi connectivity index (χ2v) is 13.5. The van der Waals surface area contributed by atoms with Gasteiger partial charge < -0.3 is 24.3 Å². The number of ether oxygens (including phenoxy) is 2. The predicted octanol–water partition coefficient (Wildman–Crippen LogP) is 5.81. The van der Waals surface area contributed by atoms with Gasteiger partial charge in [0, 0.05) is 16.8 Å². The Bertz CT molecular complexity index is 1770. The number of anilines is 1. The van der Waals surface area contributed by atoms with Crippen LogP contribution in [0, 0.1) is 12.8 Å². The summed E-state index contributed by atoms with van der Waals surface area (Å²) >= 11 is 0. The monoisotopic (exact) mass is 622 g/mol. The zero-order valence-corrected chi connectivity index (χ0v) is 26.7. The molecule has 0 aliphatic carbocycles. The number of hydrogen-bond donors (Lipinski definition) is 3. The Morgan fingerprint density at radius 3 is 2.07 bits per heavy atom. The largest absolute Gasteiger partial charge is 0.496 e. The zero-order valence-electron chi connectivity index (χ0n) is 25.8. The van der Waals surface area contributed by atoms with E-state index in [0.717, 1.165) is 11.1 Å². The van der Waals surface area contributed by atoms with Crippen LogP contribution in [0.2, 0.25) is 0 Å². The molecule has 3 aromatic carbocycles. The van der Waals surface area contributed by atoms with Crippen molar-refractivity contribution in [3.05, 3.63) is 77.6 Å². The molecule has 1 unspecified atom stereocenters. The third-order valence-corrected chi connectivity index (χ3v) is 8.42. The number of esters is 1. The van der Waals surface area contributed by atoms with Gasteiger partial charge in [-0.2, -0.15) is 4.72 Å². The lowest BCUT2D eigenvalue weighted by molar-refractivity contribution is -0.158. The van der Waals surface area contributed by atoms with Crippen LogP contribution in [0.15, 0.2) is 70.0 Å². The Morgan fingerprint density at radius 1 is 0.955 bits per heavy atom. The van der Waals surface area contributed by atoms with Gasteiger partial charge in [0.2, 0.25) is 10.0 Å². The first-order valence-electron chi connectivity index (χ1n) is 14.1. The number of carbonyl (C=O) groups excluding carboxylic acids is 2. The highest BCUT2D eigenvalue weighted by Gasteiger charge is 2.32. The Kier molecular flexibility index (Phi) is 9.53. The quantitative estimate of drug-likeness (QED) is 0.188. The lowest BCUT2D eigenvalue weighted by Gasteiger charge is -2.26. The number of aliphatic hydroxyl groups excluding tert-OH is 1. The minimum absolute atomic E-state index is 0.0169. The summed E-state index contributed by atoms with van der Waals surface area (Å²) < 4.78 is 45.4. The second-order valence-electron chi connectivity index (χ2n) is 11.8. The number of nitrogens with one attached hydrogen (secondary N) is 2. The highest BCUT2D eigenvalue weighted by atomic mass is 32.2. The van der Waals surface area contributed by atoms with E-state index in [4.69, 9.17) is 13.9 Å². The molecule has 0 radical (unpaired) electrons. The number of hydrogen-bond acceptors (Lipinski definition) is 8. The first-order valence-corrected chi connectivity index (χ1v) is 15.6. The van der Waals surface area contributed by atoms with Crippen LogP contribution in [0.5, 0.6) is 5.75 Å². The smallest absolute Gasteiger partial charge is 0.324 e. The molecule has 1 atom stereocenters. The van der Waals surface area contributed by atoms with Crippen molar-refractivity contribution in [1.82, 2.24) is 4.72 Å². The molecule has 4 aromatic rings. The van der Waals surface area contributed by atoms with Crippen molar-refractivity contribution in [2.45, 2.75) is 64.7 Å². The summed E-state index contributed by atoms with van der Waals surface area (Å²) in [6.07, 6.45) is 0. The number of carbonyl (C=O) groups is 2. The molecule has 10 nitrogen and oxygen atoms in total. The molecular formula is C33H38N2O8S. The van der Waals surface area contributed by atoms with Crippen LogP contribution < -0.4 is 14.8 Å². The number of rotatable bonds is 10. The van der Waals surface area contributed by atoms with E-state index in [1.54, 1.807) is 90.1 Å². The van der Waals surface area contributed by atoms with Crippen LogP contribution in [0.4, 0.5) is 5.69 Å². The van der Waals surface area contributed by atoms with Crippen LogP contribution in [0.3, 0.4) is 0 Å². The molecular weight excluding hydrogens is 584 g/mol. The van der Waals surface area contributed by atoms with Crippen LogP contribution in [0.25, 0.3) is 22.1 Å². The predicted molar refractivity (Wildman–Crippen MR) is 168 cm³/mol. The molecule has 1 heterocycles. The fourth-order valence-electron chi connectivity index (χ4n) is 4.74. The molecule has 0 spiro atoms. The van der Waals surface area contributed by atoms with Crippen LogP contribution in [0.1, 0.15) is 56.3 Å². The van der Waals surface area contributed by atoms with Crippen molar-refractivity contribution in [3.8, 4) is 16.9 Å². The molecule has 3 N–H and O–H groups in total. The standard InChI is InChI=1S/C33H38N2O8S/c1-19(2)28(32(38)43-33(4,5)6)35-44(39,40)25-15-10-22(11-16-25)21-8-13-24(14-9-21)34-31(37)29-20(3)27-26(42-29)17-12-23(18-36)30(27)41-7/h8-17,19,28,35-36H,18H2,1-7H3,(H,34,37). The third kappa shape index (κ3) is 7.12. The molecule has 0 bridgehead atoms. The summed E-state index contributed by atoms with van der Waals surface area (Å²) in [5.74, 6) is -0.796. The maximum atomic E-state index is 13.1. The summed E-state index contributed by atoms with van der Waals surface area (Å²) in [4.78, 5) is 25.7. The maximum Gasteiger partial charge on any atom is 0.324 e. The number of amides is 1. The average molecular weight is 623 g/mol. The van der Waals surface area contributed by atoms with Gasteiger partial charge in [0.05, 0.1) is 24.0 Å². The first kappa shape index (κ1) is 32.7. The maximum absolute atomic E-state index is 13.1. The molecule has 0 saturated carbocycles. The van der Waals surface area contributed by atoms with Gasteiger partial charge in [0.1, 0.15) is 23.0 Å². The number of benzene rings is 3. The number of furan rings is 1. The summed E-state index contributed by atoms with van der Waals surface area (Å²) in [7, 11) is -2.50. The zero-order chi connectivity index (χ0) is 32.4. The van der Waals surface area contributed by atoms with Crippen LogP contribution in [-0.2, 0) is 26.2 Å². The van der Waals surface area contributed by atoms with E-state index in [9.17, 15) is 23.1 Å². The number of aryl methyl sites for hydroxylation is 1. The van der Waals surface area contributed by atoms with E-state index in [2.05, 4.69) is 10.0 Å².